The predicted octanol–water partition coefficient (Wildman–Crippen LogP) is 3.30. The van der Waals surface area contributed by atoms with Crippen molar-refractivity contribution in [2.75, 3.05) is 18.8 Å². The molecule has 1 atom stereocenters. The van der Waals surface area contributed by atoms with Gasteiger partial charge < -0.3 is 10.2 Å². The van der Waals surface area contributed by atoms with Gasteiger partial charge in [-0.15, -0.1) is 11.8 Å². The van der Waals surface area contributed by atoms with Crippen LogP contribution in [-0.2, 0) is 9.59 Å². The Labute approximate surface area is 150 Å². The average Bonchev–Trinajstić information content (AvgIpc) is 2.54. The van der Waals surface area contributed by atoms with Crippen LogP contribution in [0.25, 0.3) is 0 Å². The van der Waals surface area contributed by atoms with E-state index in [0.717, 1.165) is 28.8 Å². The van der Waals surface area contributed by atoms with E-state index in [1.165, 1.54) is 0 Å². The molecule has 23 heavy (non-hydrogen) atoms. The number of nitrogens with one attached hydrogen (secondary N) is 1. The van der Waals surface area contributed by atoms with E-state index in [2.05, 4.69) is 21.2 Å². The van der Waals surface area contributed by atoms with Crippen LogP contribution in [0.5, 0.6) is 0 Å². The Hall–Kier alpha value is -1.01. The quantitative estimate of drug-likeness (QED) is 0.773. The first-order valence-corrected chi connectivity index (χ1v) is 9.70. The summed E-state index contributed by atoms with van der Waals surface area (Å²) >= 11 is 4.96. The van der Waals surface area contributed by atoms with Crippen molar-refractivity contribution in [3.63, 3.8) is 0 Å². The Kier molecular flexibility index (Phi) is 6.96. The molecule has 6 heteroatoms. The van der Waals surface area contributed by atoms with Crippen molar-refractivity contribution in [3.05, 3.63) is 28.7 Å². The molecule has 2 amide bonds. The molecule has 0 saturated carbocycles. The molecule has 1 aromatic carbocycles. The fourth-order valence-corrected chi connectivity index (χ4v) is 3.52. The zero-order chi connectivity index (χ0) is 16.8. The van der Waals surface area contributed by atoms with Gasteiger partial charge in [-0.25, -0.2) is 0 Å². The van der Waals surface area contributed by atoms with Crippen molar-refractivity contribution < 1.29 is 9.59 Å². The van der Waals surface area contributed by atoms with Crippen LogP contribution >= 0.6 is 27.7 Å². The van der Waals surface area contributed by atoms with E-state index in [1.54, 1.807) is 11.8 Å². The van der Waals surface area contributed by atoms with Gasteiger partial charge in [0, 0.05) is 34.4 Å². The van der Waals surface area contributed by atoms with Crippen molar-refractivity contribution in [2.24, 2.45) is 5.92 Å². The van der Waals surface area contributed by atoms with Crippen LogP contribution in [0.1, 0.15) is 26.7 Å². The number of amides is 2. The fraction of sp³-hybridized carbons (Fsp3) is 0.529. The number of carbonyl (C=O) groups excluding carboxylic acids is 2. The zero-order valence-electron chi connectivity index (χ0n) is 13.5. The van der Waals surface area contributed by atoms with Crippen LogP contribution in [0.15, 0.2) is 33.6 Å². The van der Waals surface area contributed by atoms with Crippen LogP contribution < -0.4 is 5.32 Å². The predicted molar refractivity (Wildman–Crippen MR) is 97.4 cm³/mol. The molecular formula is C17H23BrN2O2S. The summed E-state index contributed by atoms with van der Waals surface area (Å²) in [5, 5.41) is 3.04. The third kappa shape index (κ3) is 5.84. The molecule has 1 aliphatic rings. The third-order valence-corrected chi connectivity index (χ3v) is 5.35. The van der Waals surface area contributed by atoms with E-state index < -0.39 is 0 Å². The largest absolute Gasteiger partial charge is 0.351 e. The van der Waals surface area contributed by atoms with Crippen molar-refractivity contribution in [2.45, 2.75) is 37.6 Å². The number of hydrogen-bond acceptors (Lipinski definition) is 3. The van der Waals surface area contributed by atoms with Gasteiger partial charge in [0.15, 0.2) is 0 Å². The Balaban J connectivity index is 1.81. The van der Waals surface area contributed by atoms with Gasteiger partial charge >= 0.3 is 0 Å². The minimum absolute atomic E-state index is 0.0194. The Morgan fingerprint density at radius 1 is 1.35 bits per heavy atom. The lowest BCUT2D eigenvalue weighted by Gasteiger charge is -2.33. The molecule has 2 rings (SSSR count). The van der Waals surface area contributed by atoms with Gasteiger partial charge in [-0.3, -0.25) is 9.59 Å². The van der Waals surface area contributed by atoms with E-state index in [4.69, 9.17) is 0 Å². The summed E-state index contributed by atoms with van der Waals surface area (Å²) in [6, 6.07) is 8.05. The molecule has 0 radical (unpaired) electrons. The molecule has 1 heterocycles. The first-order valence-electron chi connectivity index (χ1n) is 7.92. The first kappa shape index (κ1) is 18.3. The molecule has 1 aliphatic heterocycles. The van der Waals surface area contributed by atoms with Gasteiger partial charge in [-0.2, -0.15) is 0 Å². The van der Waals surface area contributed by atoms with Gasteiger partial charge in [0.05, 0.1) is 5.75 Å². The second-order valence-corrected chi connectivity index (χ2v) is 8.05. The SMILES string of the molecule is CC(C)C(=O)NC1CCCN(C(=O)CSc2ccc(Br)cc2)C1. The summed E-state index contributed by atoms with van der Waals surface area (Å²) in [7, 11) is 0. The summed E-state index contributed by atoms with van der Waals surface area (Å²) in [6.45, 7) is 5.18. The van der Waals surface area contributed by atoms with Gasteiger partial charge in [-0.05, 0) is 37.1 Å². The summed E-state index contributed by atoms with van der Waals surface area (Å²) in [6.07, 6.45) is 1.89. The molecule has 1 saturated heterocycles. The molecule has 1 aromatic rings. The molecular weight excluding hydrogens is 376 g/mol. The molecule has 0 aliphatic carbocycles. The molecule has 0 bridgehead atoms. The normalized spacial score (nSPS) is 18.1. The highest BCUT2D eigenvalue weighted by Crippen LogP contribution is 2.21. The Bertz CT molecular complexity index is 548. The van der Waals surface area contributed by atoms with Gasteiger partial charge in [0.25, 0.3) is 0 Å². The number of piperidine rings is 1. The third-order valence-electron chi connectivity index (χ3n) is 3.82. The molecule has 0 aromatic heterocycles. The summed E-state index contributed by atoms with van der Waals surface area (Å²) < 4.78 is 1.04. The number of rotatable bonds is 5. The standard InChI is InChI=1S/C17H23BrN2O2S/c1-12(2)17(22)19-14-4-3-9-20(10-14)16(21)11-23-15-7-5-13(18)6-8-15/h5-8,12,14H,3-4,9-11H2,1-2H3,(H,19,22). The van der Waals surface area contributed by atoms with Crippen molar-refractivity contribution in [1.82, 2.24) is 10.2 Å². The van der Waals surface area contributed by atoms with Gasteiger partial charge in [-0.1, -0.05) is 29.8 Å². The van der Waals surface area contributed by atoms with Crippen molar-refractivity contribution in [1.29, 1.82) is 0 Å². The maximum absolute atomic E-state index is 12.4. The van der Waals surface area contributed by atoms with Crippen molar-refractivity contribution >= 4 is 39.5 Å². The Morgan fingerprint density at radius 3 is 2.70 bits per heavy atom. The minimum atomic E-state index is -0.0194. The fourth-order valence-electron chi connectivity index (χ4n) is 2.46. The molecule has 1 N–H and O–H groups in total. The van der Waals surface area contributed by atoms with Gasteiger partial charge in [0.1, 0.15) is 0 Å². The highest BCUT2D eigenvalue weighted by Gasteiger charge is 2.25. The lowest BCUT2D eigenvalue weighted by Crippen LogP contribution is -2.50. The topological polar surface area (TPSA) is 49.4 Å². The van der Waals surface area contributed by atoms with E-state index in [-0.39, 0.29) is 23.8 Å². The number of carbonyl (C=O) groups is 2. The lowest BCUT2D eigenvalue weighted by molar-refractivity contribution is -0.131. The van der Waals surface area contributed by atoms with Crippen LogP contribution in [0.3, 0.4) is 0 Å². The number of halogens is 1. The minimum Gasteiger partial charge on any atom is -0.351 e. The number of hydrogen-bond donors (Lipinski definition) is 1. The number of benzene rings is 1. The van der Waals surface area contributed by atoms with Crippen LogP contribution in [0.2, 0.25) is 0 Å². The van der Waals surface area contributed by atoms with Crippen LogP contribution in [0.4, 0.5) is 0 Å². The zero-order valence-corrected chi connectivity index (χ0v) is 16.0. The lowest BCUT2D eigenvalue weighted by atomic mass is 10.0. The number of nitrogens with zero attached hydrogens (tertiary/aromatic N) is 1. The highest BCUT2D eigenvalue weighted by molar-refractivity contribution is 9.10. The monoisotopic (exact) mass is 398 g/mol. The number of thioether (sulfide) groups is 1. The first-order chi connectivity index (χ1) is 11.0. The second-order valence-electron chi connectivity index (χ2n) is 6.08. The maximum Gasteiger partial charge on any atom is 0.233 e. The number of likely N-dealkylation sites (tertiary alicyclic amines) is 1. The summed E-state index contributed by atoms with van der Waals surface area (Å²) in [4.78, 5) is 27.2. The van der Waals surface area contributed by atoms with E-state index in [1.807, 2.05) is 43.0 Å². The smallest absolute Gasteiger partial charge is 0.233 e. The van der Waals surface area contributed by atoms with Crippen molar-refractivity contribution in [3.8, 4) is 0 Å². The average molecular weight is 399 g/mol. The van der Waals surface area contributed by atoms with Crippen LogP contribution in [0, 0.1) is 5.92 Å². The Morgan fingerprint density at radius 2 is 2.04 bits per heavy atom. The summed E-state index contributed by atoms with van der Waals surface area (Å²) in [5.41, 5.74) is 0. The molecule has 0 spiro atoms. The van der Waals surface area contributed by atoms with E-state index in [9.17, 15) is 9.59 Å². The van der Waals surface area contributed by atoms with E-state index in [0.29, 0.717) is 12.3 Å². The van der Waals surface area contributed by atoms with E-state index >= 15 is 0 Å². The molecule has 126 valence electrons. The van der Waals surface area contributed by atoms with Crippen LogP contribution in [-0.4, -0.2) is 41.6 Å². The summed E-state index contributed by atoms with van der Waals surface area (Å²) in [5.74, 6) is 0.621. The van der Waals surface area contributed by atoms with Gasteiger partial charge in [0.2, 0.25) is 11.8 Å². The highest BCUT2D eigenvalue weighted by atomic mass is 79.9. The maximum atomic E-state index is 12.4. The molecule has 1 unspecified atom stereocenters. The second kappa shape index (κ2) is 8.73. The molecule has 1 fully saturated rings. The molecule has 4 nitrogen and oxygen atoms in total.